The quantitative estimate of drug-likeness (QED) is 0.655. The third-order valence-corrected chi connectivity index (χ3v) is 8.34. The fourth-order valence-electron chi connectivity index (χ4n) is 2.73. The highest BCUT2D eigenvalue weighted by Gasteiger charge is 2.26. The lowest BCUT2D eigenvalue weighted by Gasteiger charge is -2.19. The van der Waals surface area contributed by atoms with E-state index in [1.165, 1.54) is 42.7 Å². The second-order valence-electron chi connectivity index (χ2n) is 6.47. The predicted molar refractivity (Wildman–Crippen MR) is 112 cm³/mol. The Labute approximate surface area is 176 Å². The molecule has 0 aliphatic carbocycles. The molecule has 0 bridgehead atoms. The number of halogens is 1. The number of carbonyl (C=O) groups is 1. The molecule has 2 aromatic rings. The van der Waals surface area contributed by atoms with Gasteiger partial charge in [0.1, 0.15) is 10.7 Å². The number of benzene rings is 2. The molecule has 0 fully saturated rings. The van der Waals surface area contributed by atoms with E-state index in [1.54, 1.807) is 13.8 Å². The van der Waals surface area contributed by atoms with E-state index in [4.69, 9.17) is 0 Å². The summed E-state index contributed by atoms with van der Waals surface area (Å²) in [6, 6.07) is 8.61. The van der Waals surface area contributed by atoms with E-state index >= 15 is 0 Å². The van der Waals surface area contributed by atoms with Crippen molar-refractivity contribution in [3.05, 3.63) is 53.8 Å². The van der Waals surface area contributed by atoms with Gasteiger partial charge in [-0.1, -0.05) is 26.0 Å². The van der Waals surface area contributed by atoms with Gasteiger partial charge in [0.2, 0.25) is 20.0 Å². The van der Waals surface area contributed by atoms with E-state index in [0.717, 1.165) is 22.5 Å². The van der Waals surface area contributed by atoms with Crippen LogP contribution < -0.4 is 5.32 Å². The zero-order valence-electron chi connectivity index (χ0n) is 17.1. The van der Waals surface area contributed by atoms with Gasteiger partial charge in [-0.25, -0.2) is 25.5 Å². The molecule has 164 valence electrons. The molecule has 0 unspecified atom stereocenters. The topological polar surface area (TPSA) is 104 Å². The Morgan fingerprint density at radius 1 is 0.967 bits per heavy atom. The average Bonchev–Trinajstić information content (AvgIpc) is 2.69. The molecule has 2 rings (SSSR count). The Morgan fingerprint density at radius 3 is 2.13 bits per heavy atom. The Balaban J connectivity index is 2.48. The minimum absolute atomic E-state index is 0.0485. The second-order valence-corrected chi connectivity index (χ2v) is 10.5. The van der Waals surface area contributed by atoms with Gasteiger partial charge in [0, 0.05) is 27.2 Å². The van der Waals surface area contributed by atoms with Crippen molar-refractivity contribution in [2.75, 3.05) is 32.5 Å². The molecule has 1 amide bonds. The average molecular weight is 458 g/mol. The van der Waals surface area contributed by atoms with Gasteiger partial charge in [-0.15, -0.1) is 0 Å². The van der Waals surface area contributed by atoms with Crippen molar-refractivity contribution in [3.8, 4) is 0 Å². The number of carbonyl (C=O) groups excluding carboxylic acids is 1. The van der Waals surface area contributed by atoms with Crippen LogP contribution in [0.3, 0.4) is 0 Å². The lowest BCUT2D eigenvalue weighted by molar-refractivity contribution is 0.102. The number of sulfonamides is 2. The van der Waals surface area contributed by atoms with Crippen LogP contribution in [0, 0.1) is 5.82 Å². The fourth-order valence-corrected chi connectivity index (χ4v) is 5.26. The van der Waals surface area contributed by atoms with Gasteiger partial charge in [0.15, 0.2) is 0 Å². The van der Waals surface area contributed by atoms with Crippen LogP contribution >= 0.6 is 0 Å². The monoisotopic (exact) mass is 457 g/mol. The summed E-state index contributed by atoms with van der Waals surface area (Å²) in [5.74, 6) is -1.90. The molecule has 30 heavy (non-hydrogen) atoms. The van der Waals surface area contributed by atoms with Crippen LogP contribution in [0.5, 0.6) is 0 Å². The van der Waals surface area contributed by atoms with Gasteiger partial charge in [0.25, 0.3) is 5.91 Å². The summed E-state index contributed by atoms with van der Waals surface area (Å²) in [7, 11) is -5.09. The number of rotatable bonds is 8. The molecule has 0 saturated heterocycles. The summed E-state index contributed by atoms with van der Waals surface area (Å²) in [6.45, 7) is 3.77. The first-order valence-corrected chi connectivity index (χ1v) is 12.0. The van der Waals surface area contributed by atoms with Crippen molar-refractivity contribution >= 4 is 31.6 Å². The Morgan fingerprint density at radius 2 is 1.57 bits per heavy atom. The molecule has 2 aromatic carbocycles. The molecule has 0 aliphatic heterocycles. The maximum atomic E-state index is 14.3. The Hall–Kier alpha value is -2.34. The highest BCUT2D eigenvalue weighted by molar-refractivity contribution is 7.89. The molecule has 0 aromatic heterocycles. The largest absolute Gasteiger partial charge is 0.321 e. The molecule has 0 saturated carbocycles. The van der Waals surface area contributed by atoms with Gasteiger partial charge in [-0.05, 0) is 30.3 Å². The van der Waals surface area contributed by atoms with Gasteiger partial charge >= 0.3 is 0 Å². The van der Waals surface area contributed by atoms with Crippen molar-refractivity contribution in [1.29, 1.82) is 0 Å². The van der Waals surface area contributed by atoms with E-state index in [1.807, 2.05) is 0 Å². The number of nitrogens with one attached hydrogen (secondary N) is 1. The van der Waals surface area contributed by atoms with Gasteiger partial charge in [-0.2, -0.15) is 4.31 Å². The third kappa shape index (κ3) is 4.69. The van der Waals surface area contributed by atoms with Crippen LogP contribution in [0.4, 0.5) is 10.1 Å². The van der Waals surface area contributed by atoms with E-state index < -0.39 is 37.3 Å². The van der Waals surface area contributed by atoms with Crippen LogP contribution in [0.2, 0.25) is 0 Å². The lowest BCUT2D eigenvalue weighted by atomic mass is 10.2. The SMILES string of the molecule is CCN(CC)S(=O)(=O)c1ccc(F)c(C(=O)Nc2ccccc2S(=O)(=O)N(C)C)c1. The highest BCUT2D eigenvalue weighted by Crippen LogP contribution is 2.25. The maximum absolute atomic E-state index is 14.3. The van der Waals surface area contributed by atoms with Gasteiger partial charge < -0.3 is 5.32 Å². The van der Waals surface area contributed by atoms with Crippen LogP contribution in [0.1, 0.15) is 24.2 Å². The number of amides is 1. The van der Waals surface area contributed by atoms with Crippen LogP contribution in [-0.2, 0) is 20.0 Å². The summed E-state index contributed by atoms with van der Waals surface area (Å²) in [4.78, 5) is 12.3. The number of anilines is 1. The minimum Gasteiger partial charge on any atom is -0.321 e. The standard InChI is InChI=1S/C19H24FN3O5S2/c1-5-23(6-2)29(25,26)14-11-12-16(20)15(13-14)19(24)21-17-9-7-8-10-18(17)30(27,28)22(3)4/h7-13H,5-6H2,1-4H3,(H,21,24). The first kappa shape index (κ1) is 23.9. The molecule has 11 heteroatoms. The maximum Gasteiger partial charge on any atom is 0.258 e. The number of para-hydroxylation sites is 1. The van der Waals surface area contributed by atoms with Crippen molar-refractivity contribution in [2.45, 2.75) is 23.6 Å². The van der Waals surface area contributed by atoms with E-state index in [0.29, 0.717) is 0 Å². The van der Waals surface area contributed by atoms with Crippen LogP contribution in [0.25, 0.3) is 0 Å². The fraction of sp³-hybridized carbons (Fsp3) is 0.316. The van der Waals surface area contributed by atoms with Crippen molar-refractivity contribution < 1.29 is 26.0 Å². The summed E-state index contributed by atoms with van der Waals surface area (Å²) >= 11 is 0. The molecular weight excluding hydrogens is 433 g/mol. The van der Waals surface area contributed by atoms with Crippen molar-refractivity contribution in [2.24, 2.45) is 0 Å². The predicted octanol–water partition coefficient (Wildman–Crippen LogP) is 2.36. The highest BCUT2D eigenvalue weighted by atomic mass is 32.2. The van der Waals surface area contributed by atoms with E-state index in [-0.39, 0.29) is 28.6 Å². The zero-order valence-corrected chi connectivity index (χ0v) is 18.7. The molecule has 0 radical (unpaired) electrons. The smallest absolute Gasteiger partial charge is 0.258 e. The number of hydrogen-bond acceptors (Lipinski definition) is 5. The molecule has 0 aliphatic rings. The van der Waals surface area contributed by atoms with Crippen LogP contribution in [-0.4, -0.2) is 58.5 Å². The number of nitrogens with zero attached hydrogens (tertiary/aromatic N) is 2. The first-order valence-electron chi connectivity index (χ1n) is 9.09. The molecule has 8 nitrogen and oxygen atoms in total. The first-order chi connectivity index (χ1) is 14.0. The molecule has 0 heterocycles. The van der Waals surface area contributed by atoms with Gasteiger partial charge in [-0.3, -0.25) is 4.79 Å². The Bertz CT molecular complexity index is 1140. The lowest BCUT2D eigenvalue weighted by Crippen LogP contribution is -2.31. The van der Waals surface area contributed by atoms with Gasteiger partial charge in [0.05, 0.1) is 16.1 Å². The third-order valence-electron chi connectivity index (χ3n) is 4.42. The molecule has 0 spiro atoms. The summed E-state index contributed by atoms with van der Waals surface area (Å²) in [5, 5.41) is 2.37. The minimum atomic E-state index is -3.91. The summed E-state index contributed by atoms with van der Waals surface area (Å²) in [6.07, 6.45) is 0. The van der Waals surface area contributed by atoms with Crippen LogP contribution in [0.15, 0.2) is 52.3 Å². The van der Waals surface area contributed by atoms with Crippen molar-refractivity contribution in [1.82, 2.24) is 8.61 Å². The second kappa shape index (κ2) is 9.21. The summed E-state index contributed by atoms with van der Waals surface area (Å²) < 4.78 is 66.8. The zero-order chi connectivity index (χ0) is 22.7. The summed E-state index contributed by atoms with van der Waals surface area (Å²) in [5.41, 5.74) is -0.562. The normalized spacial score (nSPS) is 12.4. The Kier molecular flexibility index (Phi) is 7.35. The van der Waals surface area contributed by atoms with Crippen molar-refractivity contribution in [3.63, 3.8) is 0 Å². The molecule has 0 atom stereocenters. The molecular formula is C19H24FN3O5S2. The van der Waals surface area contributed by atoms with E-state index in [9.17, 15) is 26.0 Å². The molecule has 1 N–H and O–H groups in total. The van der Waals surface area contributed by atoms with E-state index in [2.05, 4.69) is 5.32 Å². The number of hydrogen-bond donors (Lipinski definition) is 1.